The Hall–Kier alpha value is -2.33. The maximum absolute atomic E-state index is 11.9. The van der Waals surface area contributed by atoms with E-state index in [1.54, 1.807) is 43.5 Å². The largest absolute Gasteiger partial charge is 0.497 e. The molecule has 1 amide bonds. The first-order valence-electron chi connectivity index (χ1n) is 6.77. The molecule has 0 aliphatic rings. The van der Waals surface area contributed by atoms with E-state index in [0.29, 0.717) is 10.6 Å². The van der Waals surface area contributed by atoms with Gasteiger partial charge in [0.1, 0.15) is 5.75 Å². The Bertz CT molecular complexity index is 668. The van der Waals surface area contributed by atoms with Crippen molar-refractivity contribution in [3.8, 4) is 5.75 Å². The van der Waals surface area contributed by atoms with E-state index >= 15 is 0 Å². The molecule has 0 unspecified atom stereocenters. The molecular formula is C17H16ClNO3. The molecule has 0 saturated carbocycles. The van der Waals surface area contributed by atoms with E-state index in [9.17, 15) is 9.59 Å². The second-order valence-corrected chi connectivity index (χ2v) is 5.17. The van der Waals surface area contributed by atoms with Gasteiger partial charge in [0.15, 0.2) is 5.78 Å². The van der Waals surface area contributed by atoms with Crippen molar-refractivity contribution in [2.24, 2.45) is 0 Å². The zero-order chi connectivity index (χ0) is 15.9. The topological polar surface area (TPSA) is 55.4 Å². The van der Waals surface area contributed by atoms with Crippen molar-refractivity contribution in [2.75, 3.05) is 13.7 Å². The van der Waals surface area contributed by atoms with Crippen LogP contribution in [0.4, 0.5) is 0 Å². The zero-order valence-corrected chi connectivity index (χ0v) is 12.9. The molecule has 2 aromatic carbocycles. The van der Waals surface area contributed by atoms with E-state index in [4.69, 9.17) is 16.3 Å². The summed E-state index contributed by atoms with van der Waals surface area (Å²) in [6, 6.07) is 13.9. The Morgan fingerprint density at radius 3 is 2.50 bits per heavy atom. The number of carbonyl (C=O) groups excluding carboxylic acids is 2. The molecular weight excluding hydrogens is 302 g/mol. The minimum atomic E-state index is -0.208. The lowest BCUT2D eigenvalue weighted by molar-refractivity contribution is -0.120. The third kappa shape index (κ3) is 4.60. The highest BCUT2D eigenvalue weighted by Crippen LogP contribution is 2.12. The smallest absolute Gasteiger partial charge is 0.224 e. The molecule has 1 N–H and O–H groups in total. The number of methoxy groups -OCH3 is 1. The van der Waals surface area contributed by atoms with Crippen molar-refractivity contribution in [1.29, 1.82) is 0 Å². The van der Waals surface area contributed by atoms with Crippen LogP contribution >= 0.6 is 11.6 Å². The Morgan fingerprint density at radius 1 is 1.14 bits per heavy atom. The maximum Gasteiger partial charge on any atom is 0.224 e. The number of rotatable bonds is 6. The van der Waals surface area contributed by atoms with Crippen LogP contribution in [0.2, 0.25) is 5.02 Å². The molecule has 22 heavy (non-hydrogen) atoms. The minimum Gasteiger partial charge on any atom is -0.497 e. The summed E-state index contributed by atoms with van der Waals surface area (Å²) in [6.45, 7) is -0.0463. The predicted molar refractivity (Wildman–Crippen MR) is 85.5 cm³/mol. The molecule has 0 aliphatic heterocycles. The van der Waals surface area contributed by atoms with Gasteiger partial charge in [-0.2, -0.15) is 0 Å². The molecule has 0 aliphatic carbocycles. The summed E-state index contributed by atoms with van der Waals surface area (Å²) in [7, 11) is 1.59. The lowest BCUT2D eigenvalue weighted by atomic mass is 10.1. The van der Waals surface area contributed by atoms with Gasteiger partial charge in [-0.25, -0.2) is 0 Å². The number of hydrogen-bond donors (Lipinski definition) is 1. The van der Waals surface area contributed by atoms with E-state index in [1.165, 1.54) is 0 Å². The summed E-state index contributed by atoms with van der Waals surface area (Å²) in [5.41, 5.74) is 1.34. The number of benzene rings is 2. The van der Waals surface area contributed by atoms with Crippen molar-refractivity contribution in [1.82, 2.24) is 5.32 Å². The quantitative estimate of drug-likeness (QED) is 0.833. The predicted octanol–water partition coefficient (Wildman–Crippen LogP) is 2.89. The molecule has 114 valence electrons. The average Bonchev–Trinajstić information content (AvgIpc) is 2.53. The van der Waals surface area contributed by atoms with Crippen molar-refractivity contribution < 1.29 is 14.3 Å². The standard InChI is InChI=1S/C17H16ClNO3/c1-22-15-7-5-12(6-8-15)9-17(21)19-11-16(20)13-3-2-4-14(18)10-13/h2-8,10H,9,11H2,1H3,(H,19,21). The van der Waals surface area contributed by atoms with Gasteiger partial charge in [-0.3, -0.25) is 9.59 Å². The monoisotopic (exact) mass is 317 g/mol. The van der Waals surface area contributed by atoms with Crippen molar-refractivity contribution in [3.63, 3.8) is 0 Å². The molecule has 2 rings (SSSR count). The molecule has 5 heteroatoms. The molecule has 0 atom stereocenters. The third-order valence-corrected chi connectivity index (χ3v) is 3.35. The molecule has 0 heterocycles. The number of halogens is 1. The number of carbonyl (C=O) groups is 2. The Balaban J connectivity index is 1.85. The van der Waals surface area contributed by atoms with Crippen LogP contribution in [0.25, 0.3) is 0 Å². The number of Topliss-reactive ketones (excluding diaryl/α,β-unsaturated/α-hetero) is 1. The number of ketones is 1. The van der Waals surface area contributed by atoms with Crippen LogP contribution in [0.5, 0.6) is 5.75 Å². The van der Waals surface area contributed by atoms with Crippen LogP contribution < -0.4 is 10.1 Å². The molecule has 0 aromatic heterocycles. The van der Waals surface area contributed by atoms with Gasteiger partial charge < -0.3 is 10.1 Å². The first-order chi connectivity index (χ1) is 10.6. The van der Waals surface area contributed by atoms with Gasteiger partial charge >= 0.3 is 0 Å². The van der Waals surface area contributed by atoms with Gasteiger partial charge in [0.2, 0.25) is 5.91 Å². The molecule has 0 spiro atoms. The Labute approximate surface area is 134 Å². The Kier molecular flexibility index (Phi) is 5.55. The lowest BCUT2D eigenvalue weighted by Gasteiger charge is -2.06. The zero-order valence-electron chi connectivity index (χ0n) is 12.1. The van der Waals surface area contributed by atoms with E-state index in [-0.39, 0.29) is 24.7 Å². The first-order valence-corrected chi connectivity index (χ1v) is 7.14. The van der Waals surface area contributed by atoms with Gasteiger partial charge in [-0.15, -0.1) is 0 Å². The van der Waals surface area contributed by atoms with E-state index in [0.717, 1.165) is 11.3 Å². The molecule has 4 nitrogen and oxygen atoms in total. The second kappa shape index (κ2) is 7.61. The molecule has 0 bridgehead atoms. The molecule has 0 fully saturated rings. The maximum atomic E-state index is 11.9. The summed E-state index contributed by atoms with van der Waals surface area (Å²) in [4.78, 5) is 23.8. The van der Waals surface area contributed by atoms with Gasteiger partial charge in [0, 0.05) is 10.6 Å². The summed E-state index contributed by atoms with van der Waals surface area (Å²) in [5, 5.41) is 3.11. The van der Waals surface area contributed by atoms with E-state index < -0.39 is 0 Å². The Morgan fingerprint density at radius 2 is 1.86 bits per heavy atom. The van der Waals surface area contributed by atoms with Gasteiger partial charge in [-0.1, -0.05) is 35.9 Å². The SMILES string of the molecule is COc1ccc(CC(=O)NCC(=O)c2cccc(Cl)c2)cc1. The molecule has 0 radical (unpaired) electrons. The summed E-state index contributed by atoms with van der Waals surface area (Å²) >= 11 is 5.83. The van der Waals surface area contributed by atoms with Gasteiger partial charge in [0.25, 0.3) is 0 Å². The fourth-order valence-corrected chi connectivity index (χ4v) is 2.12. The summed E-state index contributed by atoms with van der Waals surface area (Å²) in [6.07, 6.45) is 0.215. The number of amides is 1. The average molecular weight is 318 g/mol. The van der Waals surface area contributed by atoms with Gasteiger partial charge in [-0.05, 0) is 29.8 Å². The third-order valence-electron chi connectivity index (χ3n) is 3.12. The van der Waals surface area contributed by atoms with Crippen LogP contribution in [-0.4, -0.2) is 25.3 Å². The number of ether oxygens (including phenoxy) is 1. The number of nitrogens with one attached hydrogen (secondary N) is 1. The van der Waals surface area contributed by atoms with Crippen LogP contribution in [0, 0.1) is 0 Å². The first kappa shape index (κ1) is 16.0. The van der Waals surface area contributed by atoms with Crippen molar-refractivity contribution >= 4 is 23.3 Å². The fraction of sp³-hybridized carbons (Fsp3) is 0.176. The summed E-state index contributed by atoms with van der Waals surface area (Å²) < 4.78 is 5.06. The van der Waals surface area contributed by atoms with Crippen molar-refractivity contribution in [3.05, 3.63) is 64.7 Å². The van der Waals surface area contributed by atoms with Crippen LogP contribution in [0.1, 0.15) is 15.9 Å². The summed E-state index contributed by atoms with van der Waals surface area (Å²) in [5.74, 6) is 0.353. The van der Waals surface area contributed by atoms with E-state index in [1.807, 2.05) is 12.1 Å². The highest BCUT2D eigenvalue weighted by Gasteiger charge is 2.09. The fourth-order valence-electron chi connectivity index (χ4n) is 1.93. The van der Waals surface area contributed by atoms with E-state index in [2.05, 4.69) is 5.32 Å². The highest BCUT2D eigenvalue weighted by atomic mass is 35.5. The highest BCUT2D eigenvalue weighted by molar-refractivity contribution is 6.31. The molecule has 0 saturated heterocycles. The lowest BCUT2D eigenvalue weighted by Crippen LogP contribution is -2.30. The van der Waals surface area contributed by atoms with Crippen LogP contribution in [0.15, 0.2) is 48.5 Å². The second-order valence-electron chi connectivity index (χ2n) is 4.74. The number of hydrogen-bond acceptors (Lipinski definition) is 3. The minimum absolute atomic E-state index is 0.0463. The van der Waals surface area contributed by atoms with Crippen LogP contribution in [-0.2, 0) is 11.2 Å². The molecule has 2 aromatic rings. The van der Waals surface area contributed by atoms with Crippen LogP contribution in [0.3, 0.4) is 0 Å². The van der Waals surface area contributed by atoms with Gasteiger partial charge in [0.05, 0.1) is 20.1 Å². The van der Waals surface area contributed by atoms with Crippen molar-refractivity contribution in [2.45, 2.75) is 6.42 Å². The normalized spacial score (nSPS) is 10.1.